The fourth-order valence-corrected chi connectivity index (χ4v) is 3.34. The van der Waals surface area contributed by atoms with Crippen molar-refractivity contribution >= 4 is 17.5 Å². The molecule has 0 atom stereocenters. The molecule has 27 heavy (non-hydrogen) atoms. The van der Waals surface area contributed by atoms with Crippen LogP contribution >= 0.6 is 0 Å². The fourth-order valence-electron chi connectivity index (χ4n) is 3.34. The molecule has 0 spiro atoms. The van der Waals surface area contributed by atoms with E-state index in [1.807, 2.05) is 17.0 Å². The van der Waals surface area contributed by atoms with E-state index in [1.54, 1.807) is 24.3 Å². The second kappa shape index (κ2) is 8.58. The maximum absolute atomic E-state index is 12.9. The zero-order valence-corrected chi connectivity index (χ0v) is 15.6. The molecule has 0 aliphatic carbocycles. The molecule has 6 heteroatoms. The number of carbonyl (C=O) groups excluding carboxylic acids is 2. The van der Waals surface area contributed by atoms with Crippen molar-refractivity contribution < 1.29 is 14.3 Å². The highest BCUT2D eigenvalue weighted by Gasteiger charge is 2.21. The Morgan fingerprint density at radius 2 is 1.85 bits per heavy atom. The van der Waals surface area contributed by atoms with Crippen molar-refractivity contribution in [2.45, 2.75) is 13.3 Å². The minimum atomic E-state index is -0.546. The molecule has 1 aliphatic heterocycles. The van der Waals surface area contributed by atoms with E-state index < -0.39 is 5.91 Å². The van der Waals surface area contributed by atoms with E-state index in [0.29, 0.717) is 24.4 Å². The molecule has 0 bridgehead atoms. The normalized spacial score (nSPS) is 14.6. The van der Waals surface area contributed by atoms with Crippen molar-refractivity contribution in [1.29, 1.82) is 0 Å². The first-order chi connectivity index (χ1) is 13.0. The van der Waals surface area contributed by atoms with Gasteiger partial charge in [0.05, 0.1) is 0 Å². The van der Waals surface area contributed by atoms with E-state index in [1.165, 1.54) is 11.3 Å². The number of nitrogens with zero attached hydrogens (tertiary/aromatic N) is 2. The molecule has 1 aliphatic rings. The third-order valence-electron chi connectivity index (χ3n) is 4.70. The summed E-state index contributed by atoms with van der Waals surface area (Å²) in [5.41, 5.74) is 8.13. The van der Waals surface area contributed by atoms with Gasteiger partial charge in [0.15, 0.2) is 6.61 Å². The molecule has 2 aromatic carbocycles. The topological polar surface area (TPSA) is 75.9 Å². The predicted molar refractivity (Wildman–Crippen MR) is 105 cm³/mol. The SMILES string of the molecule is Cc1ccccc1N1CCCN(C(=O)c2cccc(OCC(N)=O)c2)CC1. The summed E-state index contributed by atoms with van der Waals surface area (Å²) in [7, 11) is 0. The van der Waals surface area contributed by atoms with Gasteiger partial charge in [0.25, 0.3) is 11.8 Å². The van der Waals surface area contributed by atoms with E-state index in [-0.39, 0.29) is 12.5 Å². The lowest BCUT2D eigenvalue weighted by molar-refractivity contribution is -0.119. The minimum Gasteiger partial charge on any atom is -0.484 e. The highest BCUT2D eigenvalue weighted by Crippen LogP contribution is 2.22. The number of carbonyl (C=O) groups is 2. The first-order valence-electron chi connectivity index (χ1n) is 9.15. The number of nitrogens with two attached hydrogens (primary N) is 1. The first-order valence-corrected chi connectivity index (χ1v) is 9.15. The Balaban J connectivity index is 1.67. The van der Waals surface area contributed by atoms with E-state index >= 15 is 0 Å². The third kappa shape index (κ3) is 4.78. The Morgan fingerprint density at radius 3 is 2.63 bits per heavy atom. The molecule has 0 saturated carbocycles. The number of aryl methyl sites for hydroxylation is 1. The predicted octanol–water partition coefficient (Wildman–Crippen LogP) is 2.21. The molecule has 2 N–H and O–H groups in total. The van der Waals surface area contributed by atoms with Crippen LogP contribution < -0.4 is 15.4 Å². The number of amides is 2. The smallest absolute Gasteiger partial charge is 0.255 e. The molecule has 3 rings (SSSR count). The fraction of sp³-hybridized carbons (Fsp3) is 0.333. The number of benzene rings is 2. The molecule has 2 aromatic rings. The third-order valence-corrected chi connectivity index (χ3v) is 4.70. The second-order valence-electron chi connectivity index (χ2n) is 6.70. The molecule has 0 radical (unpaired) electrons. The second-order valence-corrected chi connectivity index (χ2v) is 6.70. The molecule has 0 aromatic heterocycles. The standard InChI is InChI=1S/C21H25N3O3/c1-16-6-2-3-9-19(16)23-10-5-11-24(13-12-23)21(26)17-7-4-8-18(14-17)27-15-20(22)25/h2-4,6-9,14H,5,10-13,15H2,1H3,(H2,22,25). The van der Waals surface area contributed by atoms with Crippen LogP contribution in [0.1, 0.15) is 22.3 Å². The van der Waals surface area contributed by atoms with Gasteiger partial charge in [0.2, 0.25) is 0 Å². The minimum absolute atomic E-state index is 0.0221. The summed E-state index contributed by atoms with van der Waals surface area (Å²) >= 11 is 0. The summed E-state index contributed by atoms with van der Waals surface area (Å²) in [5, 5.41) is 0. The maximum Gasteiger partial charge on any atom is 0.255 e. The lowest BCUT2D eigenvalue weighted by atomic mass is 10.2. The lowest BCUT2D eigenvalue weighted by Crippen LogP contribution is -2.35. The summed E-state index contributed by atoms with van der Waals surface area (Å²) in [6, 6.07) is 15.2. The van der Waals surface area contributed by atoms with Gasteiger partial charge < -0.3 is 20.3 Å². The summed E-state index contributed by atoms with van der Waals surface area (Å²) in [6.07, 6.45) is 0.915. The lowest BCUT2D eigenvalue weighted by Gasteiger charge is -2.25. The first kappa shape index (κ1) is 18.8. The highest BCUT2D eigenvalue weighted by atomic mass is 16.5. The Morgan fingerprint density at radius 1 is 1.04 bits per heavy atom. The van der Waals surface area contributed by atoms with E-state index in [0.717, 1.165) is 19.5 Å². The van der Waals surface area contributed by atoms with Gasteiger partial charge in [-0.25, -0.2) is 0 Å². The summed E-state index contributed by atoms with van der Waals surface area (Å²) < 4.78 is 5.30. The Kier molecular flexibility index (Phi) is 5.96. The van der Waals surface area contributed by atoms with E-state index in [4.69, 9.17) is 10.5 Å². The van der Waals surface area contributed by atoms with Gasteiger partial charge in [-0.15, -0.1) is 0 Å². The van der Waals surface area contributed by atoms with Crippen LogP contribution in [0.15, 0.2) is 48.5 Å². The molecular weight excluding hydrogens is 342 g/mol. The number of hydrogen-bond donors (Lipinski definition) is 1. The largest absolute Gasteiger partial charge is 0.484 e. The molecule has 6 nitrogen and oxygen atoms in total. The number of hydrogen-bond acceptors (Lipinski definition) is 4. The van der Waals surface area contributed by atoms with Crippen LogP contribution in [0.4, 0.5) is 5.69 Å². The van der Waals surface area contributed by atoms with Gasteiger partial charge in [0.1, 0.15) is 5.75 Å². The quantitative estimate of drug-likeness (QED) is 0.879. The average molecular weight is 367 g/mol. The van der Waals surface area contributed by atoms with Crippen LogP contribution in [-0.2, 0) is 4.79 Å². The van der Waals surface area contributed by atoms with E-state index in [9.17, 15) is 9.59 Å². The molecule has 2 amide bonds. The van der Waals surface area contributed by atoms with Crippen LogP contribution in [0.25, 0.3) is 0 Å². The van der Waals surface area contributed by atoms with Gasteiger partial charge >= 0.3 is 0 Å². The van der Waals surface area contributed by atoms with Gasteiger partial charge in [-0.05, 0) is 43.2 Å². The molecule has 1 saturated heterocycles. The summed E-state index contributed by atoms with van der Waals surface area (Å²) in [5.74, 6) is -0.0993. The molecule has 1 fully saturated rings. The van der Waals surface area contributed by atoms with Gasteiger partial charge in [-0.1, -0.05) is 24.3 Å². The van der Waals surface area contributed by atoms with Gasteiger partial charge in [-0.2, -0.15) is 0 Å². The number of para-hydroxylation sites is 1. The van der Waals surface area contributed by atoms with Crippen LogP contribution in [0, 0.1) is 6.92 Å². The number of anilines is 1. The molecule has 1 heterocycles. The van der Waals surface area contributed by atoms with Crippen molar-refractivity contribution in [3.05, 3.63) is 59.7 Å². The van der Waals surface area contributed by atoms with Crippen molar-refractivity contribution in [3.8, 4) is 5.75 Å². The molecular formula is C21H25N3O3. The number of rotatable bonds is 5. The number of ether oxygens (including phenoxy) is 1. The van der Waals surface area contributed by atoms with Gasteiger partial charge in [0, 0.05) is 37.4 Å². The molecule has 0 unspecified atom stereocenters. The van der Waals surface area contributed by atoms with Crippen molar-refractivity contribution in [2.75, 3.05) is 37.7 Å². The monoisotopic (exact) mass is 367 g/mol. The number of primary amides is 1. The van der Waals surface area contributed by atoms with Crippen LogP contribution in [0.3, 0.4) is 0 Å². The molecule has 142 valence electrons. The Hall–Kier alpha value is -3.02. The van der Waals surface area contributed by atoms with Crippen LogP contribution in [0.2, 0.25) is 0 Å². The summed E-state index contributed by atoms with van der Waals surface area (Å²) in [4.78, 5) is 28.0. The summed E-state index contributed by atoms with van der Waals surface area (Å²) in [6.45, 7) is 5.02. The van der Waals surface area contributed by atoms with Crippen molar-refractivity contribution in [2.24, 2.45) is 5.73 Å². The van der Waals surface area contributed by atoms with E-state index in [2.05, 4.69) is 24.0 Å². The Bertz CT molecular complexity index is 822. The highest BCUT2D eigenvalue weighted by molar-refractivity contribution is 5.94. The van der Waals surface area contributed by atoms with Crippen LogP contribution in [-0.4, -0.2) is 49.5 Å². The zero-order chi connectivity index (χ0) is 19.2. The maximum atomic E-state index is 12.9. The van der Waals surface area contributed by atoms with Crippen molar-refractivity contribution in [3.63, 3.8) is 0 Å². The Labute approximate surface area is 159 Å². The van der Waals surface area contributed by atoms with Crippen molar-refractivity contribution in [1.82, 2.24) is 4.90 Å². The zero-order valence-electron chi connectivity index (χ0n) is 15.6. The van der Waals surface area contributed by atoms with Crippen LogP contribution in [0.5, 0.6) is 5.75 Å². The van der Waals surface area contributed by atoms with Gasteiger partial charge in [-0.3, -0.25) is 9.59 Å². The average Bonchev–Trinajstić information content (AvgIpc) is 2.92.